The highest BCUT2D eigenvalue weighted by atomic mass is 32.2. The van der Waals surface area contributed by atoms with Crippen LogP contribution in [0.25, 0.3) is 0 Å². The lowest BCUT2D eigenvalue weighted by Crippen LogP contribution is -2.42. The smallest absolute Gasteiger partial charge is 0.272 e. The number of carbonyl (C=O) groups is 3. The number of piperidine rings is 1. The molecule has 3 N–H and O–H groups in total. The van der Waals surface area contributed by atoms with Gasteiger partial charge >= 0.3 is 0 Å². The first kappa shape index (κ1) is 23.9. The number of thiophene rings is 1. The maximum atomic E-state index is 13.0. The van der Waals surface area contributed by atoms with Crippen molar-refractivity contribution in [2.45, 2.75) is 32.1 Å². The van der Waals surface area contributed by atoms with E-state index in [1.807, 2.05) is 13.8 Å². The zero-order chi connectivity index (χ0) is 23.5. The van der Waals surface area contributed by atoms with Crippen LogP contribution >= 0.6 is 11.3 Å². The lowest BCUT2D eigenvalue weighted by molar-refractivity contribution is -0.119. The molecular formula is C21H26N4O5S2. The van der Waals surface area contributed by atoms with Crippen molar-refractivity contribution >= 4 is 44.1 Å². The fourth-order valence-corrected chi connectivity index (χ4v) is 6.16. The van der Waals surface area contributed by atoms with Gasteiger partial charge in [0.15, 0.2) is 0 Å². The van der Waals surface area contributed by atoms with E-state index in [0.29, 0.717) is 29.9 Å². The third kappa shape index (κ3) is 5.53. The van der Waals surface area contributed by atoms with Gasteiger partial charge in [-0.25, -0.2) is 8.42 Å². The number of nitrogens with zero attached hydrogens (tertiary/aromatic N) is 1. The summed E-state index contributed by atoms with van der Waals surface area (Å²) in [5.41, 5.74) is 4.89. The fourth-order valence-electron chi connectivity index (χ4n) is 3.70. The van der Waals surface area contributed by atoms with E-state index in [2.05, 4.69) is 16.2 Å². The first-order chi connectivity index (χ1) is 15.1. The van der Waals surface area contributed by atoms with Gasteiger partial charge in [-0.3, -0.25) is 25.2 Å². The Morgan fingerprint density at radius 1 is 0.969 bits per heavy atom. The number of sulfonamides is 1. The number of hydrazine groups is 1. The van der Waals surface area contributed by atoms with Crippen molar-refractivity contribution in [1.29, 1.82) is 0 Å². The van der Waals surface area contributed by atoms with Gasteiger partial charge in [0.05, 0.1) is 10.5 Å². The first-order valence-corrected chi connectivity index (χ1v) is 12.5. The maximum Gasteiger partial charge on any atom is 0.272 e. The summed E-state index contributed by atoms with van der Waals surface area (Å²) in [7, 11) is -3.64. The average Bonchev–Trinajstić information content (AvgIpc) is 3.19. The first-order valence-electron chi connectivity index (χ1n) is 10.1. The molecule has 9 nitrogen and oxygen atoms in total. The number of anilines is 1. The van der Waals surface area contributed by atoms with Crippen LogP contribution in [0.15, 0.2) is 40.6 Å². The van der Waals surface area contributed by atoms with Crippen LogP contribution in [-0.4, -0.2) is 43.5 Å². The van der Waals surface area contributed by atoms with Gasteiger partial charge in [0.2, 0.25) is 15.9 Å². The Kier molecular flexibility index (Phi) is 7.32. The van der Waals surface area contributed by atoms with E-state index in [4.69, 9.17) is 0 Å². The Morgan fingerprint density at radius 3 is 2.19 bits per heavy atom. The van der Waals surface area contributed by atoms with Gasteiger partial charge in [-0.1, -0.05) is 13.8 Å². The summed E-state index contributed by atoms with van der Waals surface area (Å²) in [6, 6.07) is 7.26. The fraction of sp³-hybridized carbons (Fsp3) is 0.381. The summed E-state index contributed by atoms with van der Waals surface area (Å²) in [4.78, 5) is 35.9. The van der Waals surface area contributed by atoms with Crippen molar-refractivity contribution in [2.24, 2.45) is 11.8 Å². The number of rotatable bonds is 5. The lowest BCUT2D eigenvalue weighted by Gasteiger charge is -2.34. The largest absolute Gasteiger partial charge is 0.313 e. The monoisotopic (exact) mass is 478 g/mol. The van der Waals surface area contributed by atoms with Crippen molar-refractivity contribution in [3.8, 4) is 0 Å². The molecule has 1 aliphatic heterocycles. The molecule has 0 spiro atoms. The Bertz CT molecular complexity index is 1100. The number of amides is 3. The molecule has 0 radical (unpaired) electrons. The molecule has 2 aromatic rings. The molecule has 1 fully saturated rings. The quantitative estimate of drug-likeness (QED) is 0.570. The van der Waals surface area contributed by atoms with E-state index in [9.17, 15) is 22.8 Å². The molecule has 172 valence electrons. The number of benzene rings is 1. The minimum atomic E-state index is -3.64. The van der Waals surface area contributed by atoms with E-state index in [0.717, 1.165) is 17.8 Å². The molecule has 2 atom stereocenters. The standard InChI is InChI=1S/C21H26N4O5S2/c1-13-10-14(2)12-25(11-13)32(29,30)17-6-4-16(5-7-17)19(27)22-21-18(8-9-31-21)20(28)24-23-15(3)26/h4-9,13-14H,10-12H2,1-3H3,(H,22,27)(H,23,26)(H,24,28). The molecule has 32 heavy (non-hydrogen) atoms. The highest BCUT2D eigenvalue weighted by Gasteiger charge is 2.31. The summed E-state index contributed by atoms with van der Waals surface area (Å²) < 4.78 is 27.5. The highest BCUT2D eigenvalue weighted by Crippen LogP contribution is 2.27. The third-order valence-electron chi connectivity index (χ3n) is 5.08. The normalized spacial score (nSPS) is 19.2. The molecule has 2 heterocycles. The number of hydrogen-bond acceptors (Lipinski definition) is 6. The summed E-state index contributed by atoms with van der Waals surface area (Å²) in [5, 5.41) is 4.60. The van der Waals surface area contributed by atoms with E-state index >= 15 is 0 Å². The van der Waals surface area contributed by atoms with E-state index in [1.54, 1.807) is 5.38 Å². The second-order valence-electron chi connectivity index (χ2n) is 8.05. The van der Waals surface area contributed by atoms with Gasteiger partial charge in [0, 0.05) is 25.6 Å². The minimum Gasteiger partial charge on any atom is -0.313 e. The van der Waals surface area contributed by atoms with Gasteiger partial charge in [-0.2, -0.15) is 4.31 Å². The summed E-state index contributed by atoms with van der Waals surface area (Å²) in [6.07, 6.45) is 0.999. The topological polar surface area (TPSA) is 125 Å². The molecule has 11 heteroatoms. The van der Waals surface area contributed by atoms with Crippen molar-refractivity contribution in [3.63, 3.8) is 0 Å². The predicted molar refractivity (Wildman–Crippen MR) is 122 cm³/mol. The minimum absolute atomic E-state index is 0.141. The predicted octanol–water partition coefficient (Wildman–Crippen LogP) is 2.45. The van der Waals surface area contributed by atoms with Crippen LogP contribution in [0.1, 0.15) is 47.9 Å². The van der Waals surface area contributed by atoms with E-state index in [-0.39, 0.29) is 16.0 Å². The van der Waals surface area contributed by atoms with E-state index < -0.39 is 27.7 Å². The van der Waals surface area contributed by atoms with Crippen molar-refractivity contribution in [2.75, 3.05) is 18.4 Å². The van der Waals surface area contributed by atoms with Crippen LogP contribution in [-0.2, 0) is 14.8 Å². The van der Waals surface area contributed by atoms with Crippen LogP contribution in [0.2, 0.25) is 0 Å². The molecule has 3 rings (SSSR count). The van der Waals surface area contributed by atoms with Gasteiger partial charge in [0.1, 0.15) is 5.00 Å². The molecule has 1 aromatic carbocycles. The third-order valence-corrected chi connectivity index (χ3v) is 7.75. The van der Waals surface area contributed by atoms with Crippen molar-refractivity contribution in [1.82, 2.24) is 15.2 Å². The van der Waals surface area contributed by atoms with Gasteiger partial charge in [-0.15, -0.1) is 11.3 Å². The summed E-state index contributed by atoms with van der Waals surface area (Å²) >= 11 is 1.15. The molecule has 0 saturated carbocycles. The van der Waals surface area contributed by atoms with Crippen LogP contribution in [0.5, 0.6) is 0 Å². The van der Waals surface area contributed by atoms with Crippen LogP contribution in [0.4, 0.5) is 5.00 Å². The summed E-state index contributed by atoms with van der Waals surface area (Å²) in [6.45, 7) is 6.31. The second kappa shape index (κ2) is 9.80. The van der Waals surface area contributed by atoms with Crippen molar-refractivity contribution in [3.05, 3.63) is 46.8 Å². The Hall–Kier alpha value is -2.76. The Labute approximate surface area is 191 Å². The lowest BCUT2D eigenvalue weighted by atomic mass is 9.94. The molecule has 0 bridgehead atoms. The van der Waals surface area contributed by atoms with Gasteiger partial charge in [0.25, 0.3) is 11.8 Å². The molecule has 0 aliphatic carbocycles. The van der Waals surface area contributed by atoms with Gasteiger partial charge < -0.3 is 5.32 Å². The summed E-state index contributed by atoms with van der Waals surface area (Å²) in [5.74, 6) is -0.890. The molecule has 1 aromatic heterocycles. The second-order valence-corrected chi connectivity index (χ2v) is 10.9. The SMILES string of the molecule is CC(=O)NNC(=O)c1ccsc1NC(=O)c1ccc(S(=O)(=O)N2CC(C)CC(C)C2)cc1. The zero-order valence-corrected chi connectivity index (χ0v) is 19.7. The van der Waals surface area contributed by atoms with E-state index in [1.165, 1.54) is 41.6 Å². The Morgan fingerprint density at radius 2 is 1.59 bits per heavy atom. The molecule has 1 saturated heterocycles. The van der Waals surface area contributed by atoms with Crippen LogP contribution in [0.3, 0.4) is 0 Å². The van der Waals surface area contributed by atoms with Crippen molar-refractivity contribution < 1.29 is 22.8 Å². The molecule has 3 amide bonds. The molecular weight excluding hydrogens is 452 g/mol. The number of hydrogen-bond donors (Lipinski definition) is 3. The maximum absolute atomic E-state index is 13.0. The highest BCUT2D eigenvalue weighted by molar-refractivity contribution is 7.89. The zero-order valence-electron chi connectivity index (χ0n) is 18.0. The van der Waals surface area contributed by atoms with Crippen LogP contribution in [0, 0.1) is 11.8 Å². The number of nitrogens with one attached hydrogen (secondary N) is 3. The average molecular weight is 479 g/mol. The molecule has 1 aliphatic rings. The molecule has 2 unspecified atom stereocenters. The van der Waals surface area contributed by atoms with Crippen LogP contribution < -0.4 is 16.2 Å². The van der Waals surface area contributed by atoms with Gasteiger partial charge in [-0.05, 0) is 54.0 Å². The number of carbonyl (C=O) groups excluding carboxylic acids is 3. The Balaban J connectivity index is 1.71.